The molecule has 0 aliphatic carbocycles. The lowest BCUT2D eigenvalue weighted by atomic mass is 9.96. The minimum atomic E-state index is -0.135. The van der Waals surface area contributed by atoms with E-state index < -0.39 is 0 Å². The molecule has 132 valence electrons. The number of H-pyrrole nitrogens is 1. The van der Waals surface area contributed by atoms with Gasteiger partial charge in [-0.05, 0) is 37.5 Å². The first-order chi connectivity index (χ1) is 12.0. The molecular formula is C19H23N3O3. The van der Waals surface area contributed by atoms with Crippen LogP contribution in [-0.4, -0.2) is 41.0 Å². The maximum atomic E-state index is 12.6. The Morgan fingerprint density at radius 3 is 2.80 bits per heavy atom. The van der Waals surface area contributed by atoms with Gasteiger partial charge in [-0.2, -0.15) is 0 Å². The van der Waals surface area contributed by atoms with Crippen molar-refractivity contribution >= 4 is 5.91 Å². The highest BCUT2D eigenvalue weighted by atomic mass is 16.5. The molecule has 1 amide bonds. The predicted octanol–water partition coefficient (Wildman–Crippen LogP) is 2.04. The molecule has 1 aromatic heterocycles. The largest absolute Gasteiger partial charge is 0.497 e. The highest BCUT2D eigenvalue weighted by Crippen LogP contribution is 2.24. The number of ether oxygens (including phenoxy) is 1. The lowest BCUT2D eigenvalue weighted by molar-refractivity contribution is -0.131. The first-order valence-corrected chi connectivity index (χ1v) is 8.53. The second-order valence-electron chi connectivity index (χ2n) is 6.48. The number of hydrogen-bond donors (Lipinski definition) is 1. The van der Waals surface area contributed by atoms with Crippen LogP contribution in [0.1, 0.15) is 35.8 Å². The molecule has 0 saturated carbocycles. The molecule has 1 atom stereocenters. The number of aromatic amines is 1. The molecule has 0 unspecified atom stereocenters. The topological polar surface area (TPSA) is 75.3 Å². The molecule has 6 heteroatoms. The number of aryl methyl sites for hydroxylation is 1. The summed E-state index contributed by atoms with van der Waals surface area (Å²) in [6.45, 7) is 3.16. The maximum absolute atomic E-state index is 12.6. The van der Waals surface area contributed by atoms with Crippen LogP contribution in [0.5, 0.6) is 5.75 Å². The van der Waals surface area contributed by atoms with E-state index in [0.29, 0.717) is 24.5 Å². The summed E-state index contributed by atoms with van der Waals surface area (Å²) in [5, 5.41) is 0. The number of benzene rings is 1. The Morgan fingerprint density at radius 2 is 2.12 bits per heavy atom. The van der Waals surface area contributed by atoms with E-state index in [0.717, 1.165) is 30.7 Å². The quantitative estimate of drug-likeness (QED) is 0.923. The number of hydrogen-bond acceptors (Lipinski definition) is 4. The van der Waals surface area contributed by atoms with Crippen molar-refractivity contribution in [2.24, 2.45) is 0 Å². The third kappa shape index (κ3) is 4.26. The average Bonchev–Trinajstić information content (AvgIpc) is 2.61. The summed E-state index contributed by atoms with van der Waals surface area (Å²) in [6, 6.07) is 9.04. The third-order valence-electron chi connectivity index (χ3n) is 4.56. The number of rotatable bonds is 4. The Hall–Kier alpha value is -2.63. The zero-order valence-corrected chi connectivity index (χ0v) is 14.6. The van der Waals surface area contributed by atoms with E-state index in [-0.39, 0.29) is 17.4 Å². The normalized spacial score (nSPS) is 17.4. The monoisotopic (exact) mass is 341 g/mol. The van der Waals surface area contributed by atoms with Crippen molar-refractivity contribution < 1.29 is 9.53 Å². The second-order valence-corrected chi connectivity index (χ2v) is 6.48. The van der Waals surface area contributed by atoms with Gasteiger partial charge in [0.2, 0.25) is 5.91 Å². The summed E-state index contributed by atoms with van der Waals surface area (Å²) in [5.41, 5.74) is 1.54. The van der Waals surface area contributed by atoms with E-state index in [4.69, 9.17) is 4.74 Å². The number of carbonyl (C=O) groups excluding carboxylic acids is 1. The number of likely N-dealkylation sites (tertiary alicyclic amines) is 1. The zero-order chi connectivity index (χ0) is 17.8. The lowest BCUT2D eigenvalue weighted by Gasteiger charge is -2.32. The fourth-order valence-corrected chi connectivity index (χ4v) is 3.25. The van der Waals surface area contributed by atoms with Gasteiger partial charge in [0.25, 0.3) is 5.56 Å². The summed E-state index contributed by atoms with van der Waals surface area (Å²) < 4.78 is 5.14. The molecule has 1 aliphatic heterocycles. The van der Waals surface area contributed by atoms with Gasteiger partial charge in [-0.25, -0.2) is 4.98 Å². The highest BCUT2D eigenvalue weighted by molar-refractivity contribution is 5.79. The van der Waals surface area contributed by atoms with Crippen LogP contribution in [0, 0.1) is 6.92 Å². The van der Waals surface area contributed by atoms with Gasteiger partial charge in [0, 0.05) is 30.8 Å². The van der Waals surface area contributed by atoms with E-state index in [1.54, 1.807) is 7.11 Å². The third-order valence-corrected chi connectivity index (χ3v) is 4.56. The van der Waals surface area contributed by atoms with Crippen LogP contribution in [0.15, 0.2) is 35.1 Å². The van der Waals surface area contributed by atoms with Gasteiger partial charge < -0.3 is 14.6 Å². The van der Waals surface area contributed by atoms with Crippen molar-refractivity contribution in [1.29, 1.82) is 0 Å². The van der Waals surface area contributed by atoms with E-state index in [9.17, 15) is 9.59 Å². The summed E-state index contributed by atoms with van der Waals surface area (Å²) in [4.78, 5) is 33.5. The predicted molar refractivity (Wildman–Crippen MR) is 94.8 cm³/mol. The van der Waals surface area contributed by atoms with Crippen LogP contribution in [-0.2, 0) is 11.2 Å². The fraction of sp³-hybridized carbons (Fsp3) is 0.421. The van der Waals surface area contributed by atoms with Gasteiger partial charge in [0.15, 0.2) is 0 Å². The van der Waals surface area contributed by atoms with Crippen LogP contribution in [0.3, 0.4) is 0 Å². The first kappa shape index (κ1) is 17.2. The molecule has 0 spiro atoms. The molecule has 0 radical (unpaired) electrons. The smallest absolute Gasteiger partial charge is 0.251 e. The Balaban J connectivity index is 1.67. The average molecular weight is 341 g/mol. The fourth-order valence-electron chi connectivity index (χ4n) is 3.25. The van der Waals surface area contributed by atoms with Gasteiger partial charge in [-0.15, -0.1) is 0 Å². The molecule has 1 N–H and O–H groups in total. The summed E-state index contributed by atoms with van der Waals surface area (Å²) >= 11 is 0. The molecule has 25 heavy (non-hydrogen) atoms. The number of amides is 1. The minimum absolute atomic E-state index is 0.0844. The summed E-state index contributed by atoms with van der Waals surface area (Å²) in [6.07, 6.45) is 2.21. The van der Waals surface area contributed by atoms with E-state index in [1.165, 1.54) is 6.07 Å². The van der Waals surface area contributed by atoms with Crippen molar-refractivity contribution in [3.05, 3.63) is 57.8 Å². The van der Waals surface area contributed by atoms with Gasteiger partial charge in [0.05, 0.1) is 13.5 Å². The first-order valence-electron chi connectivity index (χ1n) is 8.53. The van der Waals surface area contributed by atoms with Gasteiger partial charge in [-0.1, -0.05) is 12.1 Å². The lowest BCUT2D eigenvalue weighted by Crippen LogP contribution is -2.40. The summed E-state index contributed by atoms with van der Waals surface area (Å²) in [5.74, 6) is 1.65. The highest BCUT2D eigenvalue weighted by Gasteiger charge is 2.26. The molecule has 1 aliphatic rings. The SMILES string of the molecule is COc1ccc(CC(=O)N2CCC[C@H](c3nc(C)cc(=O)[nH]3)C2)cc1. The van der Waals surface area contributed by atoms with Gasteiger partial charge >= 0.3 is 0 Å². The molecule has 2 heterocycles. The van der Waals surface area contributed by atoms with Crippen LogP contribution >= 0.6 is 0 Å². The molecule has 1 aromatic carbocycles. The van der Waals surface area contributed by atoms with Gasteiger partial charge in [0.1, 0.15) is 11.6 Å². The Bertz CT molecular complexity index is 798. The standard InChI is InChI=1S/C19H23N3O3/c1-13-10-17(23)21-19(20-13)15-4-3-9-22(12-15)18(24)11-14-5-7-16(25-2)8-6-14/h5-8,10,15H,3-4,9,11-12H2,1-2H3,(H,20,21,23)/t15-/m0/s1. The van der Waals surface area contributed by atoms with Crippen LogP contribution in [0.2, 0.25) is 0 Å². The van der Waals surface area contributed by atoms with Crippen molar-refractivity contribution in [1.82, 2.24) is 14.9 Å². The van der Waals surface area contributed by atoms with E-state index >= 15 is 0 Å². The number of nitrogens with zero attached hydrogens (tertiary/aromatic N) is 2. The van der Waals surface area contributed by atoms with E-state index in [2.05, 4.69) is 9.97 Å². The molecule has 0 bridgehead atoms. The Kier molecular flexibility index (Phi) is 5.16. The Labute approximate surface area is 146 Å². The molecule has 6 nitrogen and oxygen atoms in total. The van der Waals surface area contributed by atoms with Crippen molar-refractivity contribution in [3.63, 3.8) is 0 Å². The maximum Gasteiger partial charge on any atom is 0.251 e. The van der Waals surface area contributed by atoms with E-state index in [1.807, 2.05) is 36.1 Å². The number of aromatic nitrogens is 2. The number of methoxy groups -OCH3 is 1. The molecular weight excluding hydrogens is 318 g/mol. The molecule has 3 rings (SSSR count). The molecule has 1 saturated heterocycles. The second kappa shape index (κ2) is 7.51. The van der Waals surface area contributed by atoms with Crippen LogP contribution < -0.4 is 10.3 Å². The minimum Gasteiger partial charge on any atom is -0.497 e. The van der Waals surface area contributed by atoms with Crippen molar-refractivity contribution in [2.75, 3.05) is 20.2 Å². The number of nitrogens with one attached hydrogen (secondary N) is 1. The Morgan fingerprint density at radius 1 is 1.36 bits per heavy atom. The number of carbonyl (C=O) groups is 1. The number of piperidine rings is 1. The van der Waals surface area contributed by atoms with Crippen LogP contribution in [0.4, 0.5) is 0 Å². The van der Waals surface area contributed by atoms with Crippen LogP contribution in [0.25, 0.3) is 0 Å². The molecule has 2 aromatic rings. The van der Waals surface area contributed by atoms with Gasteiger partial charge in [-0.3, -0.25) is 9.59 Å². The zero-order valence-electron chi connectivity index (χ0n) is 14.6. The molecule has 1 fully saturated rings. The summed E-state index contributed by atoms with van der Waals surface area (Å²) in [7, 11) is 1.62. The van der Waals surface area contributed by atoms with Crippen molar-refractivity contribution in [3.8, 4) is 5.75 Å². The van der Waals surface area contributed by atoms with Crippen molar-refractivity contribution in [2.45, 2.75) is 32.1 Å².